The summed E-state index contributed by atoms with van der Waals surface area (Å²) in [7, 11) is 0. The van der Waals surface area contributed by atoms with Gasteiger partial charge in [0.2, 0.25) is 0 Å². The van der Waals surface area contributed by atoms with Crippen molar-refractivity contribution in [3.05, 3.63) is 77.4 Å². The molecule has 6 rings (SSSR count). The van der Waals surface area contributed by atoms with Gasteiger partial charge in [-0.2, -0.15) is 0 Å². The normalized spacial score (nSPS) is 17.8. The highest BCUT2D eigenvalue weighted by Crippen LogP contribution is 2.34. The number of aromatic amines is 1. The Kier molecular flexibility index (Phi) is 6.25. The van der Waals surface area contributed by atoms with Crippen molar-refractivity contribution in [3.63, 3.8) is 0 Å². The average Bonchev–Trinajstić information content (AvgIpc) is 3.57. The lowest BCUT2D eigenvalue weighted by atomic mass is 10.0. The first-order valence-corrected chi connectivity index (χ1v) is 12.3. The lowest BCUT2D eigenvalue weighted by molar-refractivity contribution is -0.0224. The van der Waals surface area contributed by atoms with Crippen LogP contribution in [0.15, 0.2) is 65.7 Å². The average molecular weight is 519 g/mol. The third kappa shape index (κ3) is 4.53. The second kappa shape index (κ2) is 9.85. The second-order valence-electron chi connectivity index (χ2n) is 8.87. The summed E-state index contributed by atoms with van der Waals surface area (Å²) in [6.45, 7) is 0.438. The molecule has 0 aliphatic carbocycles. The number of furan rings is 1. The Morgan fingerprint density at radius 1 is 1.19 bits per heavy atom. The highest BCUT2D eigenvalue weighted by Gasteiger charge is 2.25. The van der Waals surface area contributed by atoms with Gasteiger partial charge >= 0.3 is 0 Å². The van der Waals surface area contributed by atoms with Gasteiger partial charge in [-0.05, 0) is 37.1 Å². The zero-order chi connectivity index (χ0) is 25.4. The predicted octanol–water partition coefficient (Wildman–Crippen LogP) is 5.33. The maximum Gasteiger partial charge on any atom is 0.196 e. The van der Waals surface area contributed by atoms with Gasteiger partial charge in [0.05, 0.1) is 47.6 Å². The number of carbonyl (C=O) groups is 1. The van der Waals surface area contributed by atoms with Crippen LogP contribution < -0.4 is 10.1 Å². The van der Waals surface area contributed by atoms with E-state index >= 15 is 0 Å². The Labute approximate surface area is 216 Å². The SMILES string of the molecule is O=C(c1ccc(Oc2cccc3ccoc23)cc1Cl)c1c[nH]c2ncnc(N[C@@H]3CC[C@@H](CO)OC3)c12. The number of aliphatic hydroxyl groups excluding tert-OH is 1. The lowest BCUT2D eigenvalue weighted by Gasteiger charge is -2.29. The Balaban J connectivity index is 1.26. The number of carbonyl (C=O) groups excluding carboxylic acids is 1. The minimum Gasteiger partial charge on any atom is -0.460 e. The Morgan fingerprint density at radius 3 is 2.92 bits per heavy atom. The predicted molar refractivity (Wildman–Crippen MR) is 139 cm³/mol. The minimum absolute atomic E-state index is 0.00242. The van der Waals surface area contributed by atoms with E-state index in [1.54, 1.807) is 36.7 Å². The topological polar surface area (TPSA) is 123 Å². The van der Waals surface area contributed by atoms with Crippen LogP contribution in [-0.4, -0.2) is 51.2 Å². The summed E-state index contributed by atoms with van der Waals surface area (Å²) in [6, 6.07) is 12.4. The van der Waals surface area contributed by atoms with Gasteiger partial charge in [0.1, 0.15) is 23.5 Å². The summed E-state index contributed by atoms with van der Waals surface area (Å²) in [5, 5.41) is 14.4. The number of aromatic nitrogens is 3. The number of rotatable bonds is 7. The van der Waals surface area contributed by atoms with Gasteiger partial charge in [-0.3, -0.25) is 4.79 Å². The van der Waals surface area contributed by atoms with Crippen LogP contribution in [-0.2, 0) is 4.74 Å². The Bertz CT molecular complexity index is 1590. The zero-order valence-corrected chi connectivity index (χ0v) is 20.4. The summed E-state index contributed by atoms with van der Waals surface area (Å²) >= 11 is 6.56. The summed E-state index contributed by atoms with van der Waals surface area (Å²) < 4.78 is 17.2. The highest BCUT2D eigenvalue weighted by molar-refractivity contribution is 6.35. The number of nitrogens with one attached hydrogen (secondary N) is 2. The third-order valence-corrected chi connectivity index (χ3v) is 6.80. The number of para-hydroxylation sites is 1. The molecule has 0 saturated carbocycles. The first-order chi connectivity index (χ1) is 18.1. The molecule has 0 unspecified atom stereocenters. The molecule has 10 heteroatoms. The van der Waals surface area contributed by atoms with Gasteiger partial charge in [-0.25, -0.2) is 9.97 Å². The van der Waals surface area contributed by atoms with Crippen LogP contribution in [0.2, 0.25) is 5.02 Å². The number of ketones is 1. The molecule has 2 aromatic carbocycles. The highest BCUT2D eigenvalue weighted by atomic mass is 35.5. The van der Waals surface area contributed by atoms with Crippen molar-refractivity contribution >= 4 is 45.2 Å². The van der Waals surface area contributed by atoms with Crippen molar-refractivity contribution in [2.24, 2.45) is 0 Å². The van der Waals surface area contributed by atoms with Crippen molar-refractivity contribution in [3.8, 4) is 11.5 Å². The molecule has 3 aromatic heterocycles. The van der Waals surface area contributed by atoms with Gasteiger partial charge in [0.15, 0.2) is 17.1 Å². The fourth-order valence-electron chi connectivity index (χ4n) is 4.57. The zero-order valence-electron chi connectivity index (χ0n) is 19.6. The molecule has 1 saturated heterocycles. The van der Waals surface area contributed by atoms with Crippen molar-refractivity contribution < 1.29 is 23.8 Å². The first-order valence-electron chi connectivity index (χ1n) is 11.9. The Morgan fingerprint density at radius 2 is 2.11 bits per heavy atom. The standard InChI is InChI=1S/C27H23ClN4O5/c28-21-10-17(37-22-3-1-2-15-8-9-35-25(15)22)6-7-19(21)24(34)20-11-29-26-23(20)27(31-14-30-26)32-16-4-5-18(12-33)36-13-16/h1-3,6-11,14,16,18,33H,4-5,12-13H2,(H2,29,30,31,32)/t16-,18+/m1/s1. The van der Waals surface area contributed by atoms with Crippen LogP contribution in [0.4, 0.5) is 5.82 Å². The van der Waals surface area contributed by atoms with E-state index in [0.29, 0.717) is 51.7 Å². The molecule has 4 heterocycles. The van der Waals surface area contributed by atoms with Crippen molar-refractivity contribution in [2.45, 2.75) is 25.0 Å². The van der Waals surface area contributed by atoms with E-state index in [1.807, 2.05) is 18.2 Å². The summed E-state index contributed by atoms with van der Waals surface area (Å²) in [5.74, 6) is 1.30. The smallest absolute Gasteiger partial charge is 0.196 e. The number of anilines is 1. The molecule has 5 aromatic rings. The fourth-order valence-corrected chi connectivity index (χ4v) is 4.83. The van der Waals surface area contributed by atoms with Crippen LogP contribution >= 0.6 is 11.6 Å². The maximum absolute atomic E-state index is 13.6. The monoisotopic (exact) mass is 518 g/mol. The number of H-pyrrole nitrogens is 1. The molecule has 0 spiro atoms. The molecule has 1 fully saturated rings. The van der Waals surface area contributed by atoms with E-state index in [2.05, 4.69) is 20.3 Å². The van der Waals surface area contributed by atoms with Gasteiger partial charge in [0, 0.05) is 23.2 Å². The lowest BCUT2D eigenvalue weighted by Crippen LogP contribution is -2.36. The van der Waals surface area contributed by atoms with E-state index in [0.717, 1.165) is 18.2 Å². The molecule has 2 atom stereocenters. The molecule has 37 heavy (non-hydrogen) atoms. The van der Waals surface area contributed by atoms with Crippen molar-refractivity contribution in [1.82, 2.24) is 15.0 Å². The van der Waals surface area contributed by atoms with Gasteiger partial charge < -0.3 is 29.3 Å². The molecular weight excluding hydrogens is 496 g/mol. The number of nitrogens with zero attached hydrogens (tertiary/aromatic N) is 2. The van der Waals surface area contributed by atoms with Gasteiger partial charge in [-0.1, -0.05) is 23.7 Å². The van der Waals surface area contributed by atoms with E-state index in [4.69, 9.17) is 25.5 Å². The number of fused-ring (bicyclic) bond motifs is 2. The molecule has 0 radical (unpaired) electrons. The van der Waals surface area contributed by atoms with Gasteiger partial charge in [-0.15, -0.1) is 0 Å². The summed E-state index contributed by atoms with van der Waals surface area (Å²) in [6.07, 6.45) is 6.06. The second-order valence-corrected chi connectivity index (χ2v) is 9.28. The van der Waals surface area contributed by atoms with Crippen LogP contribution in [0, 0.1) is 0 Å². The molecular formula is C27H23ClN4O5. The summed E-state index contributed by atoms with van der Waals surface area (Å²) in [5.41, 5.74) is 1.90. The number of ether oxygens (including phenoxy) is 2. The van der Waals surface area contributed by atoms with Crippen LogP contribution in [0.1, 0.15) is 28.8 Å². The maximum atomic E-state index is 13.6. The largest absolute Gasteiger partial charge is 0.460 e. The molecule has 1 aliphatic rings. The molecule has 188 valence electrons. The quantitative estimate of drug-likeness (QED) is 0.247. The van der Waals surface area contributed by atoms with E-state index in [9.17, 15) is 9.90 Å². The molecule has 3 N–H and O–H groups in total. The van der Waals surface area contributed by atoms with Crippen molar-refractivity contribution in [2.75, 3.05) is 18.5 Å². The first kappa shape index (κ1) is 23.5. The fraction of sp³-hybridized carbons (Fsp3) is 0.222. The Hall–Kier alpha value is -3.92. The number of hydrogen-bond donors (Lipinski definition) is 3. The van der Waals surface area contributed by atoms with E-state index in [1.165, 1.54) is 6.33 Å². The number of benzene rings is 2. The van der Waals surface area contributed by atoms with Crippen molar-refractivity contribution in [1.29, 1.82) is 0 Å². The van der Waals surface area contributed by atoms with Gasteiger partial charge in [0.25, 0.3) is 0 Å². The van der Waals surface area contributed by atoms with Crippen LogP contribution in [0.3, 0.4) is 0 Å². The third-order valence-electron chi connectivity index (χ3n) is 6.48. The van der Waals surface area contributed by atoms with E-state index in [-0.39, 0.29) is 29.6 Å². The van der Waals surface area contributed by atoms with Crippen LogP contribution in [0.5, 0.6) is 11.5 Å². The molecule has 0 amide bonds. The molecule has 9 nitrogen and oxygen atoms in total. The molecule has 1 aliphatic heterocycles. The molecule has 0 bridgehead atoms. The summed E-state index contributed by atoms with van der Waals surface area (Å²) in [4.78, 5) is 25.3. The number of halogens is 1. The minimum atomic E-state index is -0.269. The number of hydrogen-bond acceptors (Lipinski definition) is 8. The number of aliphatic hydroxyl groups is 1. The van der Waals surface area contributed by atoms with E-state index < -0.39 is 0 Å². The van der Waals surface area contributed by atoms with Crippen LogP contribution in [0.25, 0.3) is 22.0 Å².